The van der Waals surface area contributed by atoms with Crippen molar-refractivity contribution in [2.45, 2.75) is 32.1 Å². The first kappa shape index (κ1) is 13.5. The molecule has 0 aliphatic heterocycles. The van der Waals surface area contributed by atoms with Crippen LogP contribution in [0.2, 0.25) is 0 Å². The minimum Gasteiger partial charge on any atom is -0.507 e. The number of amides is 1. The van der Waals surface area contributed by atoms with Crippen molar-refractivity contribution >= 4 is 5.91 Å². The van der Waals surface area contributed by atoms with E-state index in [4.69, 9.17) is 0 Å². The maximum Gasteiger partial charge on any atom is 0.258 e. The first-order valence-corrected chi connectivity index (χ1v) is 6.65. The second-order valence-electron chi connectivity index (χ2n) is 4.79. The molecule has 1 aliphatic rings. The summed E-state index contributed by atoms with van der Waals surface area (Å²) in [6.45, 7) is 0.526. The summed E-state index contributed by atoms with van der Waals surface area (Å²) in [5.74, 6) is -0.837. The number of phenols is 2. The maximum absolute atomic E-state index is 11.9. The summed E-state index contributed by atoms with van der Waals surface area (Å²) < 4.78 is 0. The number of benzene rings is 1. The number of aromatic hydroxyl groups is 2. The van der Waals surface area contributed by atoms with Gasteiger partial charge in [0.1, 0.15) is 17.1 Å². The average Bonchev–Trinajstić information content (AvgIpc) is 2.40. The lowest BCUT2D eigenvalue weighted by molar-refractivity contribution is 0.0948. The number of phenolic OH excluding ortho intramolecular Hbond substituents is 2. The van der Waals surface area contributed by atoms with Gasteiger partial charge in [-0.25, -0.2) is 0 Å². The zero-order valence-corrected chi connectivity index (χ0v) is 10.9. The van der Waals surface area contributed by atoms with Crippen LogP contribution in [0.25, 0.3) is 0 Å². The Hall–Kier alpha value is -1.97. The molecule has 0 aromatic heterocycles. The Morgan fingerprint density at radius 3 is 2.58 bits per heavy atom. The summed E-state index contributed by atoms with van der Waals surface area (Å²) in [5.41, 5.74) is 1.33. The van der Waals surface area contributed by atoms with Crippen LogP contribution in [0.15, 0.2) is 29.8 Å². The Morgan fingerprint density at radius 1 is 1.21 bits per heavy atom. The van der Waals surface area contributed by atoms with Crippen molar-refractivity contribution in [3.63, 3.8) is 0 Å². The molecule has 0 unspecified atom stereocenters. The highest BCUT2D eigenvalue weighted by molar-refractivity contribution is 5.99. The largest absolute Gasteiger partial charge is 0.507 e. The number of carbonyl (C=O) groups is 1. The van der Waals surface area contributed by atoms with Gasteiger partial charge in [0.25, 0.3) is 5.91 Å². The fourth-order valence-electron chi connectivity index (χ4n) is 2.32. The van der Waals surface area contributed by atoms with Gasteiger partial charge in [0, 0.05) is 6.54 Å². The summed E-state index contributed by atoms with van der Waals surface area (Å²) in [4.78, 5) is 11.9. The van der Waals surface area contributed by atoms with E-state index < -0.39 is 5.91 Å². The molecule has 19 heavy (non-hydrogen) atoms. The number of allylic oxidation sites excluding steroid dienone is 1. The quantitative estimate of drug-likeness (QED) is 0.730. The maximum atomic E-state index is 11.9. The third kappa shape index (κ3) is 3.50. The molecule has 2 rings (SSSR count). The van der Waals surface area contributed by atoms with Crippen LogP contribution in [0, 0.1) is 0 Å². The van der Waals surface area contributed by atoms with Gasteiger partial charge in [0.2, 0.25) is 0 Å². The molecule has 1 aromatic carbocycles. The second-order valence-corrected chi connectivity index (χ2v) is 4.79. The van der Waals surface area contributed by atoms with Crippen molar-refractivity contribution in [2.75, 3.05) is 6.54 Å². The molecular formula is C15H19NO3. The first-order valence-electron chi connectivity index (χ1n) is 6.65. The molecule has 0 saturated carbocycles. The van der Waals surface area contributed by atoms with Gasteiger partial charge in [0.05, 0.1) is 0 Å². The fraction of sp³-hybridized carbons (Fsp3) is 0.400. The third-order valence-electron chi connectivity index (χ3n) is 3.36. The van der Waals surface area contributed by atoms with Gasteiger partial charge in [-0.3, -0.25) is 4.79 Å². The monoisotopic (exact) mass is 261 g/mol. The van der Waals surface area contributed by atoms with Gasteiger partial charge < -0.3 is 15.5 Å². The van der Waals surface area contributed by atoms with Crippen LogP contribution in [0.1, 0.15) is 42.5 Å². The van der Waals surface area contributed by atoms with Crippen LogP contribution in [0.3, 0.4) is 0 Å². The van der Waals surface area contributed by atoms with Gasteiger partial charge in [-0.15, -0.1) is 0 Å². The predicted octanol–water partition coefficient (Wildman–Crippen LogP) is 2.72. The molecule has 1 aromatic rings. The van der Waals surface area contributed by atoms with E-state index in [1.165, 1.54) is 36.6 Å². The van der Waals surface area contributed by atoms with Crippen LogP contribution < -0.4 is 5.32 Å². The zero-order valence-electron chi connectivity index (χ0n) is 10.9. The van der Waals surface area contributed by atoms with Gasteiger partial charge in [-0.1, -0.05) is 17.7 Å². The molecule has 0 spiro atoms. The minimum atomic E-state index is -0.438. The predicted molar refractivity (Wildman–Crippen MR) is 73.3 cm³/mol. The van der Waals surface area contributed by atoms with Crippen molar-refractivity contribution < 1.29 is 15.0 Å². The topological polar surface area (TPSA) is 69.6 Å². The van der Waals surface area contributed by atoms with Crippen LogP contribution in [0.4, 0.5) is 0 Å². The van der Waals surface area contributed by atoms with E-state index in [1.54, 1.807) is 0 Å². The summed E-state index contributed by atoms with van der Waals surface area (Å²) in [7, 11) is 0. The van der Waals surface area contributed by atoms with Crippen molar-refractivity contribution in [3.05, 3.63) is 35.4 Å². The van der Waals surface area contributed by atoms with Crippen LogP contribution in [-0.4, -0.2) is 22.7 Å². The number of nitrogens with one attached hydrogen (secondary N) is 1. The smallest absolute Gasteiger partial charge is 0.258 e. The molecule has 0 heterocycles. The van der Waals surface area contributed by atoms with Crippen LogP contribution in [-0.2, 0) is 0 Å². The zero-order chi connectivity index (χ0) is 13.7. The number of hydrogen-bond acceptors (Lipinski definition) is 3. The molecule has 3 N–H and O–H groups in total. The molecule has 4 nitrogen and oxygen atoms in total. The molecule has 1 amide bonds. The van der Waals surface area contributed by atoms with Crippen molar-refractivity contribution in [1.29, 1.82) is 0 Å². The normalized spacial score (nSPS) is 14.8. The highest BCUT2D eigenvalue weighted by Crippen LogP contribution is 2.26. The van der Waals surface area contributed by atoms with Crippen molar-refractivity contribution in [2.24, 2.45) is 0 Å². The molecule has 0 radical (unpaired) electrons. The number of rotatable bonds is 4. The summed E-state index contributed by atoms with van der Waals surface area (Å²) in [6.07, 6.45) is 7.79. The van der Waals surface area contributed by atoms with Gasteiger partial charge in [0.15, 0.2) is 0 Å². The fourth-order valence-corrected chi connectivity index (χ4v) is 2.32. The van der Waals surface area contributed by atoms with Gasteiger partial charge >= 0.3 is 0 Å². The summed E-state index contributed by atoms with van der Waals surface area (Å²) >= 11 is 0. The Kier molecular flexibility index (Phi) is 4.44. The lowest BCUT2D eigenvalue weighted by Gasteiger charge is -2.13. The van der Waals surface area contributed by atoms with E-state index in [2.05, 4.69) is 11.4 Å². The Labute approximate surface area is 112 Å². The highest BCUT2D eigenvalue weighted by Gasteiger charge is 2.15. The number of carbonyl (C=O) groups excluding carboxylic acids is 1. The SMILES string of the molecule is O=C(NCCC1=CCCCC1)c1c(O)cccc1O. The summed E-state index contributed by atoms with van der Waals surface area (Å²) in [5, 5.41) is 21.9. The van der Waals surface area contributed by atoms with Crippen molar-refractivity contribution in [1.82, 2.24) is 5.32 Å². The lowest BCUT2D eigenvalue weighted by Crippen LogP contribution is -2.25. The Bertz CT molecular complexity index is 474. The van der Waals surface area contributed by atoms with E-state index in [-0.39, 0.29) is 17.1 Å². The molecular weight excluding hydrogens is 242 g/mol. The van der Waals surface area contributed by atoms with E-state index in [9.17, 15) is 15.0 Å². The standard InChI is InChI=1S/C15H19NO3/c17-12-7-4-8-13(18)14(12)15(19)16-10-9-11-5-2-1-3-6-11/h4-5,7-8,17-18H,1-3,6,9-10H2,(H,16,19). The minimum absolute atomic E-state index is 0.0554. The number of hydrogen-bond donors (Lipinski definition) is 3. The lowest BCUT2D eigenvalue weighted by atomic mass is 9.97. The Morgan fingerprint density at radius 2 is 1.95 bits per heavy atom. The molecule has 1 aliphatic carbocycles. The summed E-state index contributed by atoms with van der Waals surface area (Å²) in [6, 6.07) is 4.27. The molecule has 0 atom stereocenters. The Balaban J connectivity index is 1.89. The first-order chi connectivity index (χ1) is 9.18. The molecule has 102 valence electrons. The van der Waals surface area contributed by atoms with E-state index in [0.29, 0.717) is 6.54 Å². The highest BCUT2D eigenvalue weighted by atomic mass is 16.3. The molecule has 0 saturated heterocycles. The van der Waals surface area contributed by atoms with Gasteiger partial charge in [-0.2, -0.15) is 0 Å². The van der Waals surface area contributed by atoms with Gasteiger partial charge in [-0.05, 0) is 44.2 Å². The molecule has 0 fully saturated rings. The van der Waals surface area contributed by atoms with E-state index in [1.807, 2.05) is 0 Å². The van der Waals surface area contributed by atoms with Crippen LogP contribution in [0.5, 0.6) is 11.5 Å². The van der Waals surface area contributed by atoms with E-state index in [0.717, 1.165) is 19.3 Å². The average molecular weight is 261 g/mol. The molecule has 0 bridgehead atoms. The molecule has 4 heteroatoms. The van der Waals surface area contributed by atoms with E-state index >= 15 is 0 Å². The van der Waals surface area contributed by atoms with Crippen molar-refractivity contribution in [3.8, 4) is 11.5 Å². The third-order valence-corrected chi connectivity index (χ3v) is 3.36. The van der Waals surface area contributed by atoms with Crippen LogP contribution >= 0.6 is 0 Å². The second kappa shape index (κ2) is 6.27.